The molecule has 1 saturated carbocycles. The second-order valence-corrected chi connectivity index (χ2v) is 12.8. The Morgan fingerprint density at radius 2 is 1.67 bits per heavy atom. The van der Waals surface area contributed by atoms with Crippen LogP contribution < -0.4 is 31.7 Å². The predicted molar refractivity (Wildman–Crippen MR) is 167 cm³/mol. The van der Waals surface area contributed by atoms with Crippen LogP contribution in [0.2, 0.25) is 5.02 Å². The highest BCUT2D eigenvalue weighted by molar-refractivity contribution is 7.91. The number of benzene rings is 2. The lowest BCUT2D eigenvalue weighted by Gasteiger charge is -2.29. The summed E-state index contributed by atoms with van der Waals surface area (Å²) >= 11 is 6.39. The number of carbonyl (C=O) groups is 2. The number of hydrogen-bond acceptors (Lipinski definition) is 10. The SMILES string of the molecule is CCCS(=O)(=O)c1ccccc1Nc1nc(Nc2ccc(C(=O)NC3CCC(NC(C)=O)CC3)cc2OC)nc(N)c1Cl. The zero-order valence-corrected chi connectivity index (χ0v) is 25.8. The van der Waals surface area contributed by atoms with Crippen LogP contribution in [0.5, 0.6) is 5.75 Å². The van der Waals surface area contributed by atoms with Crippen molar-refractivity contribution in [3.63, 3.8) is 0 Å². The van der Waals surface area contributed by atoms with Crippen molar-refractivity contribution < 1.29 is 22.7 Å². The number of aromatic nitrogens is 2. The highest BCUT2D eigenvalue weighted by atomic mass is 35.5. The van der Waals surface area contributed by atoms with Gasteiger partial charge in [0.1, 0.15) is 16.6 Å². The van der Waals surface area contributed by atoms with Crippen LogP contribution in [0, 0.1) is 0 Å². The number of nitrogens with one attached hydrogen (secondary N) is 4. The Bertz CT molecular complexity index is 1590. The summed E-state index contributed by atoms with van der Waals surface area (Å²) in [6.07, 6.45) is 3.62. The van der Waals surface area contributed by atoms with Crippen LogP contribution in [0.4, 0.5) is 29.0 Å². The third-order valence-electron chi connectivity index (χ3n) is 7.00. The number of anilines is 5. The Balaban J connectivity index is 1.50. The molecule has 1 aliphatic rings. The molecule has 0 unspecified atom stereocenters. The van der Waals surface area contributed by atoms with Gasteiger partial charge in [-0.05, 0) is 62.4 Å². The molecule has 14 heteroatoms. The predicted octanol–water partition coefficient (Wildman–Crippen LogP) is 4.57. The van der Waals surface area contributed by atoms with Crippen LogP contribution in [0.25, 0.3) is 0 Å². The molecule has 4 rings (SSSR count). The molecule has 0 saturated heterocycles. The van der Waals surface area contributed by atoms with Crippen LogP contribution in [-0.4, -0.2) is 55.1 Å². The van der Waals surface area contributed by atoms with Gasteiger partial charge in [-0.25, -0.2) is 8.42 Å². The van der Waals surface area contributed by atoms with Crippen molar-refractivity contribution in [2.75, 3.05) is 29.2 Å². The fraction of sp³-hybridized carbons (Fsp3) is 0.379. The Morgan fingerprint density at radius 3 is 2.33 bits per heavy atom. The van der Waals surface area contributed by atoms with E-state index in [9.17, 15) is 18.0 Å². The number of sulfone groups is 1. The lowest BCUT2D eigenvalue weighted by molar-refractivity contribution is -0.119. The van der Waals surface area contributed by atoms with Crippen molar-refractivity contribution in [3.8, 4) is 5.75 Å². The average Bonchev–Trinajstić information content (AvgIpc) is 2.96. The van der Waals surface area contributed by atoms with Crippen LogP contribution in [0.15, 0.2) is 47.4 Å². The summed E-state index contributed by atoms with van der Waals surface area (Å²) < 4.78 is 31.1. The van der Waals surface area contributed by atoms with E-state index in [1.54, 1.807) is 43.3 Å². The molecule has 0 radical (unpaired) electrons. The zero-order valence-electron chi connectivity index (χ0n) is 24.2. The van der Waals surface area contributed by atoms with Crippen molar-refractivity contribution in [1.82, 2.24) is 20.6 Å². The highest BCUT2D eigenvalue weighted by Gasteiger charge is 2.24. The van der Waals surface area contributed by atoms with Crippen LogP contribution in [0.1, 0.15) is 56.3 Å². The van der Waals surface area contributed by atoms with Gasteiger partial charge in [-0.3, -0.25) is 9.59 Å². The Morgan fingerprint density at radius 1 is 1.00 bits per heavy atom. The minimum absolute atomic E-state index is 0.00825. The first-order chi connectivity index (χ1) is 20.5. The van der Waals surface area contributed by atoms with Crippen molar-refractivity contribution in [2.24, 2.45) is 0 Å². The summed E-state index contributed by atoms with van der Waals surface area (Å²) in [6, 6.07) is 11.5. The molecule has 2 amide bonds. The number of methoxy groups -OCH3 is 1. The number of hydrogen-bond donors (Lipinski definition) is 5. The minimum atomic E-state index is -3.54. The number of ether oxygens (including phenoxy) is 1. The van der Waals surface area contributed by atoms with Gasteiger partial charge >= 0.3 is 0 Å². The summed E-state index contributed by atoms with van der Waals surface area (Å²) in [5.41, 5.74) is 7.25. The van der Waals surface area contributed by atoms with Crippen LogP contribution in [-0.2, 0) is 14.6 Å². The fourth-order valence-electron chi connectivity index (χ4n) is 4.94. The van der Waals surface area contributed by atoms with E-state index in [1.165, 1.54) is 20.1 Å². The number of para-hydroxylation sites is 1. The van der Waals surface area contributed by atoms with Crippen LogP contribution in [0.3, 0.4) is 0 Å². The largest absolute Gasteiger partial charge is 0.495 e. The van der Waals surface area contributed by atoms with Crippen molar-refractivity contribution >= 4 is 62.2 Å². The molecular formula is C29H36ClN7O5S. The number of carbonyl (C=O) groups excluding carboxylic acids is 2. The molecule has 0 spiro atoms. The molecular weight excluding hydrogens is 594 g/mol. The topological polar surface area (TPSA) is 177 Å². The lowest BCUT2D eigenvalue weighted by atomic mass is 9.91. The summed E-state index contributed by atoms with van der Waals surface area (Å²) in [6.45, 7) is 3.30. The number of amides is 2. The third kappa shape index (κ3) is 8.05. The molecule has 1 heterocycles. The Labute approximate surface area is 256 Å². The maximum atomic E-state index is 13.0. The monoisotopic (exact) mass is 629 g/mol. The molecule has 2 aromatic carbocycles. The van der Waals surface area contributed by atoms with E-state index >= 15 is 0 Å². The number of nitrogens with two attached hydrogens (primary N) is 1. The van der Waals surface area contributed by atoms with E-state index in [-0.39, 0.29) is 57.2 Å². The maximum absolute atomic E-state index is 13.0. The minimum Gasteiger partial charge on any atom is -0.495 e. The van der Waals surface area contributed by atoms with Gasteiger partial charge in [-0.15, -0.1) is 0 Å². The first-order valence-corrected chi connectivity index (χ1v) is 16.0. The standard InChI is InChI=1S/C29H36ClN7O5S/c1-4-15-43(40,41)24-8-6-5-7-22(24)34-27-25(30)26(31)36-29(37-27)35-21-14-9-18(16-23(21)42-3)28(39)33-20-12-10-19(11-13-20)32-17(2)38/h5-9,14,16,19-20H,4,10-13,15H2,1-3H3,(H,32,38)(H,33,39)(H4,31,34,35,36,37). The first-order valence-electron chi connectivity index (χ1n) is 14.0. The number of nitrogens with zero attached hydrogens (tertiary/aromatic N) is 2. The van der Waals surface area contributed by atoms with Gasteiger partial charge < -0.3 is 31.7 Å². The average molecular weight is 630 g/mol. The van der Waals surface area contributed by atoms with E-state index in [1.807, 2.05) is 0 Å². The van der Waals surface area contributed by atoms with E-state index < -0.39 is 9.84 Å². The molecule has 43 heavy (non-hydrogen) atoms. The normalized spacial score (nSPS) is 16.7. The van der Waals surface area contributed by atoms with E-state index in [0.717, 1.165) is 25.7 Å². The molecule has 12 nitrogen and oxygen atoms in total. The van der Waals surface area contributed by atoms with Crippen molar-refractivity contribution in [2.45, 2.75) is 62.9 Å². The third-order valence-corrected chi connectivity index (χ3v) is 9.35. The quantitative estimate of drug-likeness (QED) is 0.202. The van der Waals surface area contributed by atoms with E-state index in [4.69, 9.17) is 22.1 Å². The first kappa shape index (κ1) is 31.8. The van der Waals surface area contributed by atoms with Gasteiger partial charge in [-0.2, -0.15) is 9.97 Å². The molecule has 1 aromatic heterocycles. The van der Waals surface area contributed by atoms with Gasteiger partial charge in [0.2, 0.25) is 11.9 Å². The molecule has 0 atom stereocenters. The summed E-state index contributed by atoms with van der Waals surface area (Å²) in [5, 5.41) is 12.1. The molecule has 230 valence electrons. The second kappa shape index (κ2) is 13.9. The van der Waals surface area contributed by atoms with Gasteiger partial charge in [0, 0.05) is 24.6 Å². The van der Waals surface area contributed by atoms with Crippen LogP contribution >= 0.6 is 11.6 Å². The number of nitrogen functional groups attached to an aromatic ring is 1. The second-order valence-electron chi connectivity index (χ2n) is 10.3. The van der Waals surface area contributed by atoms with Gasteiger partial charge in [0.05, 0.1) is 29.1 Å². The Hall–Kier alpha value is -4.10. The molecule has 6 N–H and O–H groups in total. The molecule has 1 aliphatic carbocycles. The number of halogens is 1. The molecule has 0 bridgehead atoms. The summed E-state index contributed by atoms with van der Waals surface area (Å²) in [7, 11) is -2.06. The molecule has 0 aliphatic heterocycles. The smallest absolute Gasteiger partial charge is 0.251 e. The molecule has 1 fully saturated rings. The van der Waals surface area contributed by atoms with E-state index in [0.29, 0.717) is 29.1 Å². The van der Waals surface area contributed by atoms with Gasteiger partial charge in [-0.1, -0.05) is 30.7 Å². The highest BCUT2D eigenvalue weighted by Crippen LogP contribution is 2.34. The number of rotatable bonds is 11. The lowest BCUT2D eigenvalue weighted by Crippen LogP contribution is -2.43. The maximum Gasteiger partial charge on any atom is 0.251 e. The summed E-state index contributed by atoms with van der Waals surface area (Å²) in [4.78, 5) is 33.0. The van der Waals surface area contributed by atoms with Crippen molar-refractivity contribution in [1.29, 1.82) is 0 Å². The van der Waals surface area contributed by atoms with Gasteiger partial charge in [0.15, 0.2) is 15.7 Å². The van der Waals surface area contributed by atoms with Gasteiger partial charge in [0.25, 0.3) is 5.91 Å². The summed E-state index contributed by atoms with van der Waals surface area (Å²) in [5.74, 6) is 0.233. The van der Waals surface area contributed by atoms with E-state index in [2.05, 4.69) is 31.2 Å². The van der Waals surface area contributed by atoms with Crippen molar-refractivity contribution in [3.05, 3.63) is 53.1 Å². The Kier molecular flexibility index (Phi) is 10.3. The zero-order chi connectivity index (χ0) is 31.1. The fourth-order valence-corrected chi connectivity index (χ4v) is 6.57. The molecule has 3 aromatic rings.